The molecular formula is C68H117N10O10+. The molecule has 2 atom stereocenters. The van der Waals surface area contributed by atoms with Gasteiger partial charge in [-0.05, 0) is 166 Å². The third kappa shape index (κ3) is 53.0. The van der Waals surface area contributed by atoms with Gasteiger partial charge in [-0.15, -0.1) is 0 Å². The highest BCUT2D eigenvalue weighted by Gasteiger charge is 2.39. The summed E-state index contributed by atoms with van der Waals surface area (Å²) in [4.78, 5) is 99.3. The van der Waals surface area contributed by atoms with Gasteiger partial charge in [-0.3, -0.25) is 29.0 Å². The van der Waals surface area contributed by atoms with Crippen LogP contribution in [-0.4, -0.2) is 166 Å². The number of quaternary nitrogens is 1. The van der Waals surface area contributed by atoms with Crippen molar-refractivity contribution in [2.45, 2.75) is 148 Å². The van der Waals surface area contributed by atoms with Crippen LogP contribution in [-0.2, 0) is 56.0 Å². The molecule has 20 heteroatoms. The fourth-order valence-corrected chi connectivity index (χ4v) is 8.58. The van der Waals surface area contributed by atoms with Gasteiger partial charge >= 0.3 is 0 Å². The van der Waals surface area contributed by atoms with Gasteiger partial charge in [0.05, 0.1) is 34.3 Å². The Morgan fingerprint density at radius 2 is 1.35 bits per heavy atom. The quantitative estimate of drug-likeness (QED) is 0.0110. The van der Waals surface area contributed by atoms with Crippen LogP contribution in [0.1, 0.15) is 141 Å². The number of rotatable bonds is 30. The molecule has 20 nitrogen and oxygen atoms in total. The lowest BCUT2D eigenvalue weighted by Crippen LogP contribution is -2.58. The van der Waals surface area contributed by atoms with Crippen LogP contribution < -0.4 is 43.6 Å². The predicted octanol–water partition coefficient (Wildman–Crippen LogP) is 7.83. The highest BCUT2D eigenvalue weighted by atomic mass is 16.5. The van der Waals surface area contributed by atoms with Gasteiger partial charge in [0.25, 0.3) is 0 Å². The van der Waals surface area contributed by atoms with Gasteiger partial charge in [0.1, 0.15) is 36.4 Å². The number of aryl methyl sites for hydroxylation is 1. The number of nitrogens with one attached hydrogen (secondary N) is 3. The normalized spacial score (nSPS) is 12.4. The van der Waals surface area contributed by atoms with Gasteiger partial charge in [-0.2, -0.15) is 0 Å². The number of unbranched alkanes of at least 4 members (excludes halogenated alkanes) is 4. The number of benzene rings is 3. The van der Waals surface area contributed by atoms with Crippen molar-refractivity contribution in [3.63, 3.8) is 0 Å². The molecule has 0 saturated heterocycles. The summed E-state index contributed by atoms with van der Waals surface area (Å²) in [6, 6.07) is 22.5. The van der Waals surface area contributed by atoms with Crippen molar-refractivity contribution < 1.29 is 52.4 Å². The van der Waals surface area contributed by atoms with Gasteiger partial charge in [-0.1, -0.05) is 112 Å². The Bertz CT molecular complexity index is 2360. The van der Waals surface area contributed by atoms with E-state index >= 15 is 0 Å². The fourth-order valence-electron chi connectivity index (χ4n) is 8.58. The Hall–Kier alpha value is -7.26. The molecule has 1 aliphatic rings. The van der Waals surface area contributed by atoms with Gasteiger partial charge < -0.3 is 72.2 Å². The zero-order chi connectivity index (χ0) is 68.2. The molecule has 498 valence electrons. The number of hydrogen-bond acceptors (Lipinski definition) is 14. The van der Waals surface area contributed by atoms with Crippen LogP contribution >= 0.6 is 0 Å². The molecule has 0 heterocycles. The number of amides is 5. The van der Waals surface area contributed by atoms with E-state index in [-0.39, 0.29) is 42.3 Å². The summed E-state index contributed by atoms with van der Waals surface area (Å²) in [7, 11) is 19.3. The molecule has 88 heavy (non-hydrogen) atoms. The first-order valence-electron chi connectivity index (χ1n) is 30.4. The largest absolute Gasteiger partial charge is 0.494 e. The Kier molecular flexibility index (Phi) is 61.1. The number of aldehydes is 2. The van der Waals surface area contributed by atoms with E-state index in [1.165, 1.54) is 49.7 Å². The summed E-state index contributed by atoms with van der Waals surface area (Å²) < 4.78 is 6.78. The summed E-state index contributed by atoms with van der Waals surface area (Å²) in [5.74, 6) is -0.0150. The number of aliphatic imine (C=N–C) groups is 1. The number of hydrogen-bond donors (Lipinski definition) is 7. The van der Waals surface area contributed by atoms with Crippen LogP contribution in [0.4, 0.5) is 0 Å². The van der Waals surface area contributed by atoms with E-state index in [2.05, 4.69) is 95.4 Å². The first kappa shape index (κ1) is 89.5. The second-order valence-electron chi connectivity index (χ2n) is 22.0. The standard InChI is InChI=1S/C20H24N2O2.C18H30NO2.C12H25N3O2.C11H17NO.C2H7N.C2H4O.CH3NO.CH5N.CH2O/c21-19(24)20(12-4-1-5-13-20)22-18(23)11-9-15-8-10-16-6-2-3-7-17(16)14-15;1-16(15-20)14-17-8-10-18(11-9-17)21-13-7-5-6-12-19(2,3)4;1-14-12(17)10(9-11(13)16)7-5-4-6-8-15(2)3;1-4-6-11(9-12-3)8-5-7-10(2)13;1-3-2;1-2-3;2-1-3;2*1-2/h2-3,6-8,10,14H,1,4-5,9,11-13H2,(H2,21,24)(H,22,23);8-11,15-16H,5-7,12-14H2,1-4H3;10H,4-9H2,1-3H3,(H2,13,16)(H,14,17);4,6,9H,1,5,7-8H2,2-3H3;3H,1-2H3;2H,1H3;1H,(H2,2,3);2H2,1H3;1H2/q;+1;;;;;;;/b;;;11-6-,12-9?;;;;;. The molecule has 1 aliphatic carbocycles. The van der Waals surface area contributed by atoms with Crippen molar-refractivity contribution in [2.75, 3.05) is 90.2 Å². The van der Waals surface area contributed by atoms with E-state index in [0.717, 1.165) is 118 Å². The second kappa shape index (κ2) is 60.0. The SMILES string of the molecule is C=C/C=C(\C=NC)CCCC(C)=O.C=O.CC(C=O)Cc1ccc(OCCCCC[N+](C)(C)C)cc1.CC=O.CN.CNC.CNC(=O)C(CCCCCN(C)C)CC(N)=O.NC(=O)C1(NC(=O)CCc2ccc3ccccc3c2)CCCCC1.NC=O. The van der Waals surface area contributed by atoms with E-state index in [9.17, 15) is 28.8 Å². The number of nitrogens with two attached hydrogens (primary N) is 4. The second-order valence-corrected chi connectivity index (χ2v) is 22.0. The Labute approximate surface area is 529 Å². The lowest BCUT2D eigenvalue weighted by Gasteiger charge is -2.35. The van der Waals surface area contributed by atoms with Crippen molar-refractivity contribution in [1.82, 2.24) is 20.9 Å². The maximum atomic E-state index is 12.3. The molecule has 3 aromatic carbocycles. The number of allylic oxidation sites excluding steroid dienone is 3. The minimum Gasteiger partial charge on any atom is -0.494 e. The monoisotopic (exact) mass is 1230 g/mol. The molecule has 0 spiro atoms. The number of carbonyl (C=O) groups excluding carboxylic acids is 9. The maximum Gasteiger partial charge on any atom is 0.243 e. The minimum atomic E-state index is -0.835. The average Bonchev–Trinajstić information content (AvgIpc) is 2.42. The lowest BCUT2D eigenvalue weighted by atomic mass is 9.81. The first-order chi connectivity index (χ1) is 41.9. The number of fused-ring (bicyclic) bond motifs is 1. The van der Waals surface area contributed by atoms with Crippen LogP contribution in [0.25, 0.3) is 10.8 Å². The van der Waals surface area contributed by atoms with Crippen LogP contribution in [0, 0.1) is 11.8 Å². The molecule has 1 saturated carbocycles. The van der Waals surface area contributed by atoms with Gasteiger partial charge in [0.2, 0.25) is 30.0 Å². The number of carbonyl (C=O) groups is 9. The Morgan fingerprint density at radius 1 is 0.795 bits per heavy atom. The number of Topliss-reactive ketones (excluding diaryl/α,β-unsaturated/α-hetero) is 1. The molecular weight excluding hydrogens is 1120 g/mol. The molecule has 4 rings (SSSR count). The highest BCUT2D eigenvalue weighted by Crippen LogP contribution is 2.28. The summed E-state index contributed by atoms with van der Waals surface area (Å²) in [6.45, 7) is 13.7. The van der Waals surface area contributed by atoms with Gasteiger partial charge in [-0.25, -0.2) is 0 Å². The van der Waals surface area contributed by atoms with E-state index in [1.54, 1.807) is 27.1 Å². The van der Waals surface area contributed by atoms with Gasteiger partial charge in [0.15, 0.2) is 0 Å². The van der Waals surface area contributed by atoms with E-state index in [4.69, 9.17) is 30.6 Å². The molecule has 0 aromatic heterocycles. The molecule has 11 N–H and O–H groups in total. The summed E-state index contributed by atoms with van der Waals surface area (Å²) >= 11 is 0. The minimum absolute atomic E-state index is 0.0815. The van der Waals surface area contributed by atoms with Crippen molar-refractivity contribution in [3.05, 3.63) is 102 Å². The summed E-state index contributed by atoms with van der Waals surface area (Å²) in [5, 5.41) is 10.6. The number of ketones is 1. The molecule has 1 fully saturated rings. The lowest BCUT2D eigenvalue weighted by molar-refractivity contribution is -0.870. The molecule has 3 aromatic rings. The van der Waals surface area contributed by atoms with E-state index in [0.29, 0.717) is 32.1 Å². The van der Waals surface area contributed by atoms with Crippen molar-refractivity contribution in [1.29, 1.82) is 0 Å². The summed E-state index contributed by atoms with van der Waals surface area (Å²) in [6.07, 6.45) is 23.6. The van der Waals surface area contributed by atoms with Crippen molar-refractivity contribution >= 4 is 72.2 Å². The van der Waals surface area contributed by atoms with Gasteiger partial charge in [0, 0.05) is 51.4 Å². The fraction of sp³-hybridized carbons (Fsp3) is 0.559. The molecule has 5 amide bonds. The zero-order valence-electron chi connectivity index (χ0n) is 56.2. The maximum absolute atomic E-state index is 12.3. The Balaban J connectivity index is -0.000000332. The Morgan fingerprint density at radius 3 is 1.84 bits per heavy atom. The van der Waals surface area contributed by atoms with Crippen LogP contribution in [0.3, 0.4) is 0 Å². The third-order valence-corrected chi connectivity index (χ3v) is 12.8. The number of nitrogens with zero attached hydrogens (tertiary/aromatic N) is 3. The predicted molar refractivity (Wildman–Crippen MR) is 363 cm³/mol. The third-order valence-electron chi connectivity index (χ3n) is 12.8. The zero-order valence-corrected chi connectivity index (χ0v) is 56.2. The molecule has 0 aliphatic heterocycles. The molecule has 0 radical (unpaired) electrons. The van der Waals surface area contributed by atoms with Crippen LogP contribution in [0.15, 0.2) is 96.0 Å². The average molecular weight is 1230 g/mol. The topological polar surface area (TPSA) is 319 Å². The number of ether oxygens (including phenoxy) is 1. The smallest absolute Gasteiger partial charge is 0.243 e. The van der Waals surface area contributed by atoms with Crippen LogP contribution in [0.5, 0.6) is 5.75 Å². The first-order valence-corrected chi connectivity index (χ1v) is 30.4. The molecule has 0 bridgehead atoms. The highest BCUT2D eigenvalue weighted by molar-refractivity contribution is 5.91. The van der Waals surface area contributed by atoms with E-state index < -0.39 is 17.4 Å². The van der Waals surface area contributed by atoms with E-state index in [1.807, 2.05) is 90.6 Å². The van der Waals surface area contributed by atoms with Crippen molar-refractivity contribution in [2.24, 2.45) is 39.8 Å². The van der Waals surface area contributed by atoms with Crippen LogP contribution in [0.2, 0.25) is 0 Å². The number of primary amides is 3. The van der Waals surface area contributed by atoms with Crippen molar-refractivity contribution in [3.8, 4) is 5.75 Å². The molecule has 2 unspecified atom stereocenters. The summed E-state index contributed by atoms with van der Waals surface area (Å²) in [5.41, 5.74) is 22.0.